The standard InChI is InChI=1S/C31H26N2O5S/c1-20-7-5-11-24(15-20)32-29(34)19-38-26-14-13-21(16-27(26)37-2)17-28-30(35)33(31(36)39-28)18-23-10-6-9-22-8-3-4-12-25(22)23/h3-17H,18-19H2,1-2H3,(H,32,34)/b28-17-. The average Bonchev–Trinajstić information content (AvgIpc) is 3.19. The number of fused-ring (bicyclic) bond motifs is 1. The van der Waals surface area contributed by atoms with Crippen LogP contribution < -0.4 is 14.8 Å². The molecule has 39 heavy (non-hydrogen) atoms. The number of thioether (sulfide) groups is 1. The number of amides is 3. The Labute approximate surface area is 230 Å². The van der Waals surface area contributed by atoms with Gasteiger partial charge in [-0.1, -0.05) is 60.7 Å². The van der Waals surface area contributed by atoms with Crippen LogP contribution in [0.25, 0.3) is 16.8 Å². The summed E-state index contributed by atoms with van der Waals surface area (Å²) in [5, 5.41) is 4.55. The first-order valence-electron chi connectivity index (χ1n) is 12.3. The highest BCUT2D eigenvalue weighted by Crippen LogP contribution is 2.36. The minimum atomic E-state index is -0.343. The van der Waals surface area contributed by atoms with Crippen LogP contribution in [0.15, 0.2) is 89.8 Å². The maximum atomic E-state index is 13.1. The van der Waals surface area contributed by atoms with Crippen LogP contribution in [-0.4, -0.2) is 35.7 Å². The second-order valence-electron chi connectivity index (χ2n) is 9.02. The number of nitrogens with zero attached hydrogens (tertiary/aromatic N) is 1. The van der Waals surface area contributed by atoms with Crippen LogP contribution in [0.4, 0.5) is 10.5 Å². The lowest BCUT2D eigenvalue weighted by atomic mass is 10.0. The first kappa shape index (κ1) is 26.1. The largest absolute Gasteiger partial charge is 0.493 e. The fourth-order valence-electron chi connectivity index (χ4n) is 4.34. The molecule has 0 saturated carbocycles. The predicted octanol–water partition coefficient (Wildman–Crippen LogP) is 6.41. The van der Waals surface area contributed by atoms with E-state index in [0.29, 0.717) is 27.7 Å². The highest BCUT2D eigenvalue weighted by molar-refractivity contribution is 8.18. The number of methoxy groups -OCH3 is 1. The van der Waals surface area contributed by atoms with E-state index in [4.69, 9.17) is 9.47 Å². The molecule has 1 saturated heterocycles. The molecule has 0 unspecified atom stereocenters. The zero-order valence-corrected chi connectivity index (χ0v) is 22.3. The quantitative estimate of drug-likeness (QED) is 0.261. The zero-order chi connectivity index (χ0) is 27.4. The van der Waals surface area contributed by atoms with Gasteiger partial charge in [0, 0.05) is 5.69 Å². The van der Waals surface area contributed by atoms with Gasteiger partial charge < -0.3 is 14.8 Å². The van der Waals surface area contributed by atoms with E-state index >= 15 is 0 Å². The maximum Gasteiger partial charge on any atom is 0.293 e. The van der Waals surface area contributed by atoms with E-state index in [9.17, 15) is 14.4 Å². The smallest absolute Gasteiger partial charge is 0.293 e. The van der Waals surface area contributed by atoms with Crippen LogP contribution in [0.5, 0.6) is 11.5 Å². The highest BCUT2D eigenvalue weighted by Gasteiger charge is 2.35. The molecule has 7 nitrogen and oxygen atoms in total. The van der Waals surface area contributed by atoms with Crippen LogP contribution in [-0.2, 0) is 16.1 Å². The van der Waals surface area contributed by atoms with Gasteiger partial charge in [-0.15, -0.1) is 0 Å². The Morgan fingerprint density at radius 2 is 1.74 bits per heavy atom. The van der Waals surface area contributed by atoms with Gasteiger partial charge in [-0.25, -0.2) is 0 Å². The number of rotatable bonds is 8. The first-order valence-corrected chi connectivity index (χ1v) is 13.1. The molecule has 196 valence electrons. The molecule has 1 N–H and O–H groups in total. The first-order chi connectivity index (χ1) is 18.9. The fourth-order valence-corrected chi connectivity index (χ4v) is 5.18. The van der Waals surface area contributed by atoms with E-state index in [-0.39, 0.29) is 30.2 Å². The van der Waals surface area contributed by atoms with Gasteiger partial charge in [0.1, 0.15) is 0 Å². The fraction of sp³-hybridized carbons (Fsp3) is 0.129. The summed E-state index contributed by atoms with van der Waals surface area (Å²) < 4.78 is 11.1. The van der Waals surface area contributed by atoms with Crippen LogP contribution in [0, 0.1) is 6.92 Å². The van der Waals surface area contributed by atoms with Crippen molar-refractivity contribution < 1.29 is 23.9 Å². The number of carbonyl (C=O) groups is 3. The molecule has 1 aliphatic heterocycles. The molecular formula is C31H26N2O5S. The van der Waals surface area contributed by atoms with E-state index in [1.807, 2.05) is 73.7 Å². The van der Waals surface area contributed by atoms with E-state index in [1.165, 1.54) is 12.0 Å². The van der Waals surface area contributed by atoms with Crippen LogP contribution in [0.2, 0.25) is 0 Å². The summed E-state index contributed by atoms with van der Waals surface area (Å²) in [7, 11) is 1.50. The number of carbonyl (C=O) groups excluding carboxylic acids is 3. The summed E-state index contributed by atoms with van der Waals surface area (Å²) in [5.41, 5.74) is 3.31. The van der Waals surface area contributed by atoms with Crippen molar-refractivity contribution in [3.05, 3.63) is 107 Å². The van der Waals surface area contributed by atoms with E-state index in [0.717, 1.165) is 33.7 Å². The van der Waals surface area contributed by atoms with Gasteiger partial charge >= 0.3 is 0 Å². The third-order valence-corrected chi connectivity index (χ3v) is 7.14. The van der Waals surface area contributed by atoms with Gasteiger partial charge in [-0.05, 0) is 76.5 Å². The number of nitrogens with one attached hydrogen (secondary N) is 1. The van der Waals surface area contributed by atoms with Gasteiger partial charge in [0.25, 0.3) is 17.1 Å². The van der Waals surface area contributed by atoms with Gasteiger partial charge in [-0.2, -0.15) is 0 Å². The Balaban J connectivity index is 1.27. The molecule has 3 amide bonds. The second kappa shape index (κ2) is 11.4. The summed E-state index contributed by atoms with van der Waals surface area (Å²) in [4.78, 5) is 39.8. The highest BCUT2D eigenvalue weighted by atomic mass is 32.2. The summed E-state index contributed by atoms with van der Waals surface area (Å²) >= 11 is 0.908. The number of benzene rings is 4. The lowest BCUT2D eigenvalue weighted by molar-refractivity contribution is -0.123. The van der Waals surface area contributed by atoms with Crippen molar-refractivity contribution in [3.8, 4) is 11.5 Å². The van der Waals surface area contributed by atoms with Crippen molar-refractivity contribution in [1.82, 2.24) is 4.90 Å². The van der Waals surface area contributed by atoms with Crippen molar-refractivity contribution in [2.75, 3.05) is 19.0 Å². The number of aryl methyl sites for hydroxylation is 1. The van der Waals surface area contributed by atoms with Crippen LogP contribution in [0.3, 0.4) is 0 Å². The summed E-state index contributed by atoms with van der Waals surface area (Å²) in [6.07, 6.45) is 1.66. The third-order valence-electron chi connectivity index (χ3n) is 6.23. The third kappa shape index (κ3) is 5.97. The summed E-state index contributed by atoms with van der Waals surface area (Å²) in [6, 6.07) is 26.4. The molecule has 0 spiro atoms. The number of imide groups is 1. The van der Waals surface area contributed by atoms with E-state index in [1.54, 1.807) is 24.3 Å². The number of hydrogen-bond acceptors (Lipinski definition) is 6. The molecule has 0 bridgehead atoms. The molecule has 1 fully saturated rings. The van der Waals surface area contributed by atoms with Gasteiger partial charge in [0.15, 0.2) is 18.1 Å². The maximum absolute atomic E-state index is 13.1. The topological polar surface area (TPSA) is 84.9 Å². The van der Waals surface area contributed by atoms with Crippen molar-refractivity contribution in [2.45, 2.75) is 13.5 Å². The van der Waals surface area contributed by atoms with E-state index < -0.39 is 0 Å². The predicted molar refractivity (Wildman–Crippen MR) is 154 cm³/mol. The van der Waals surface area contributed by atoms with Crippen molar-refractivity contribution in [3.63, 3.8) is 0 Å². The molecule has 4 aromatic carbocycles. The molecule has 4 aromatic rings. The second-order valence-corrected chi connectivity index (χ2v) is 10.0. The Hall–Kier alpha value is -4.56. The molecule has 0 aromatic heterocycles. The lowest BCUT2D eigenvalue weighted by Gasteiger charge is -2.14. The summed E-state index contributed by atoms with van der Waals surface area (Å²) in [6.45, 7) is 1.95. The van der Waals surface area contributed by atoms with E-state index in [2.05, 4.69) is 5.32 Å². The van der Waals surface area contributed by atoms with Gasteiger partial charge in [0.05, 0.1) is 18.6 Å². The minimum Gasteiger partial charge on any atom is -0.493 e. The molecule has 0 radical (unpaired) electrons. The number of ether oxygens (including phenoxy) is 2. The Bertz CT molecular complexity index is 1610. The molecule has 8 heteroatoms. The molecule has 1 heterocycles. The van der Waals surface area contributed by atoms with Crippen LogP contribution in [0.1, 0.15) is 16.7 Å². The summed E-state index contributed by atoms with van der Waals surface area (Å²) in [5.74, 6) is 0.150. The molecule has 0 aliphatic carbocycles. The average molecular weight is 539 g/mol. The Morgan fingerprint density at radius 1 is 0.949 bits per heavy atom. The van der Waals surface area contributed by atoms with Gasteiger partial charge in [-0.3, -0.25) is 19.3 Å². The minimum absolute atomic E-state index is 0.198. The van der Waals surface area contributed by atoms with Crippen molar-refractivity contribution in [1.29, 1.82) is 0 Å². The molecule has 5 rings (SSSR count). The van der Waals surface area contributed by atoms with Crippen LogP contribution >= 0.6 is 11.8 Å². The molecular weight excluding hydrogens is 512 g/mol. The van der Waals surface area contributed by atoms with Crippen molar-refractivity contribution >= 4 is 51.4 Å². The normalized spacial score (nSPS) is 14.2. The zero-order valence-electron chi connectivity index (χ0n) is 21.5. The Morgan fingerprint density at radius 3 is 2.56 bits per heavy atom. The van der Waals surface area contributed by atoms with Gasteiger partial charge in [0.2, 0.25) is 0 Å². The molecule has 0 atom stereocenters. The number of anilines is 1. The monoisotopic (exact) mass is 538 g/mol. The molecule has 1 aliphatic rings. The van der Waals surface area contributed by atoms with Crippen molar-refractivity contribution in [2.24, 2.45) is 0 Å². The SMILES string of the molecule is COc1cc(/C=C2\SC(=O)N(Cc3cccc4ccccc34)C2=O)ccc1OCC(=O)Nc1cccc(C)c1. The lowest BCUT2D eigenvalue weighted by Crippen LogP contribution is -2.27. The Kier molecular flexibility index (Phi) is 7.65. The number of hydrogen-bond donors (Lipinski definition) is 1.